The molecule has 2 rings (SSSR count). The molecule has 2 aromatic rings. The molecule has 0 saturated carbocycles. The zero-order valence-electron chi connectivity index (χ0n) is 9.45. The van der Waals surface area contributed by atoms with E-state index < -0.39 is 0 Å². The number of hydrogen-bond donors (Lipinski definition) is 0. The Morgan fingerprint density at radius 2 is 1.62 bits per heavy atom. The molecule has 0 spiro atoms. The first kappa shape index (κ1) is 11.0. The van der Waals surface area contributed by atoms with Crippen LogP contribution in [-0.4, -0.2) is 15.0 Å². The minimum Gasteiger partial charge on any atom is -0.251 e. The second-order valence-corrected chi connectivity index (χ2v) is 4.14. The Morgan fingerprint density at radius 3 is 2.12 bits per heavy atom. The zero-order valence-corrected chi connectivity index (χ0v) is 10.2. The summed E-state index contributed by atoms with van der Waals surface area (Å²) in [6.07, 6.45) is 1.60. The predicted molar refractivity (Wildman–Crippen MR) is 64.5 cm³/mol. The van der Waals surface area contributed by atoms with E-state index in [0.29, 0.717) is 10.8 Å². The van der Waals surface area contributed by atoms with Crippen LogP contribution in [-0.2, 0) is 0 Å². The fraction of sp³-hybridized carbons (Fsp3) is 0.250. The number of aromatic nitrogens is 3. The van der Waals surface area contributed by atoms with Crippen LogP contribution in [0.5, 0.6) is 0 Å². The van der Waals surface area contributed by atoms with Crippen molar-refractivity contribution in [3.8, 4) is 11.5 Å². The summed E-state index contributed by atoms with van der Waals surface area (Å²) in [6, 6.07) is 3.61. The van der Waals surface area contributed by atoms with Gasteiger partial charge in [-0.3, -0.25) is 4.98 Å². The van der Waals surface area contributed by atoms with Crippen molar-refractivity contribution in [3.63, 3.8) is 0 Å². The molecule has 0 aliphatic heterocycles. The van der Waals surface area contributed by atoms with Gasteiger partial charge in [0.1, 0.15) is 5.69 Å². The first-order valence-electron chi connectivity index (χ1n) is 5.01. The van der Waals surface area contributed by atoms with E-state index in [1.54, 1.807) is 12.3 Å². The molecule has 2 heterocycles. The fourth-order valence-corrected chi connectivity index (χ4v) is 1.51. The van der Waals surface area contributed by atoms with Crippen molar-refractivity contribution >= 4 is 11.6 Å². The molecule has 3 nitrogen and oxygen atoms in total. The summed E-state index contributed by atoms with van der Waals surface area (Å²) in [6.45, 7) is 5.97. The third-order valence-electron chi connectivity index (χ3n) is 2.59. The molecule has 0 aliphatic carbocycles. The molecule has 0 N–H and O–H groups in total. The molecule has 0 amide bonds. The molecule has 0 unspecified atom stereocenters. The molecule has 2 aromatic heterocycles. The molecule has 0 aliphatic rings. The summed E-state index contributed by atoms with van der Waals surface area (Å²) in [5, 5.41) is 0.615. The van der Waals surface area contributed by atoms with E-state index in [1.165, 1.54) is 0 Å². The Hall–Kier alpha value is -1.48. The molecule has 0 saturated heterocycles. The van der Waals surface area contributed by atoms with Crippen molar-refractivity contribution in [1.82, 2.24) is 15.0 Å². The zero-order chi connectivity index (χ0) is 11.7. The van der Waals surface area contributed by atoms with Crippen LogP contribution in [0.3, 0.4) is 0 Å². The summed E-state index contributed by atoms with van der Waals surface area (Å²) in [4.78, 5) is 13.0. The van der Waals surface area contributed by atoms with Crippen molar-refractivity contribution in [2.75, 3.05) is 0 Å². The van der Waals surface area contributed by atoms with E-state index in [0.717, 1.165) is 22.6 Å². The van der Waals surface area contributed by atoms with Gasteiger partial charge in [-0.2, -0.15) is 0 Å². The van der Waals surface area contributed by atoms with Crippen molar-refractivity contribution in [2.24, 2.45) is 0 Å². The molecular weight excluding hydrogens is 222 g/mol. The second kappa shape index (κ2) is 4.18. The highest BCUT2D eigenvalue weighted by Crippen LogP contribution is 2.17. The minimum atomic E-state index is 0.615. The average molecular weight is 234 g/mol. The number of nitrogens with zero attached hydrogens (tertiary/aromatic N) is 3. The average Bonchev–Trinajstić information content (AvgIpc) is 2.26. The highest BCUT2D eigenvalue weighted by Gasteiger charge is 2.07. The van der Waals surface area contributed by atoms with Gasteiger partial charge in [0, 0.05) is 17.6 Å². The fourth-order valence-electron chi connectivity index (χ4n) is 1.39. The van der Waals surface area contributed by atoms with E-state index in [-0.39, 0.29) is 0 Å². The molecule has 0 fully saturated rings. The Balaban J connectivity index is 2.52. The van der Waals surface area contributed by atoms with Gasteiger partial charge in [0.2, 0.25) is 0 Å². The van der Waals surface area contributed by atoms with E-state index in [1.807, 2.05) is 26.8 Å². The van der Waals surface area contributed by atoms with Crippen LogP contribution in [0.25, 0.3) is 11.5 Å². The Kier molecular flexibility index (Phi) is 2.88. The molecule has 0 radical (unpaired) electrons. The van der Waals surface area contributed by atoms with Gasteiger partial charge in [0.15, 0.2) is 5.82 Å². The van der Waals surface area contributed by atoms with Gasteiger partial charge in [-0.1, -0.05) is 11.6 Å². The lowest BCUT2D eigenvalue weighted by Gasteiger charge is -2.06. The lowest BCUT2D eigenvalue weighted by atomic mass is 10.2. The van der Waals surface area contributed by atoms with Crippen LogP contribution >= 0.6 is 11.6 Å². The largest absolute Gasteiger partial charge is 0.251 e. The SMILES string of the molecule is Cc1nc(-c2ccc(Cl)cn2)nc(C)c1C. The number of aryl methyl sites for hydroxylation is 2. The van der Waals surface area contributed by atoms with Crippen LogP contribution in [0.1, 0.15) is 17.0 Å². The quantitative estimate of drug-likeness (QED) is 0.760. The number of rotatable bonds is 1. The monoisotopic (exact) mass is 233 g/mol. The highest BCUT2D eigenvalue weighted by molar-refractivity contribution is 6.30. The van der Waals surface area contributed by atoms with Gasteiger partial charge in [-0.05, 0) is 38.5 Å². The van der Waals surface area contributed by atoms with Crippen molar-refractivity contribution in [2.45, 2.75) is 20.8 Å². The number of hydrogen-bond acceptors (Lipinski definition) is 3. The van der Waals surface area contributed by atoms with E-state index >= 15 is 0 Å². The maximum atomic E-state index is 5.78. The van der Waals surface area contributed by atoms with Crippen LogP contribution < -0.4 is 0 Å². The normalized spacial score (nSPS) is 10.5. The lowest BCUT2D eigenvalue weighted by Crippen LogP contribution is -1.99. The lowest BCUT2D eigenvalue weighted by molar-refractivity contribution is 1.01. The van der Waals surface area contributed by atoms with Gasteiger partial charge in [-0.25, -0.2) is 9.97 Å². The summed E-state index contributed by atoms with van der Waals surface area (Å²) < 4.78 is 0. The topological polar surface area (TPSA) is 38.7 Å². The summed E-state index contributed by atoms with van der Waals surface area (Å²) in [5.74, 6) is 0.650. The van der Waals surface area contributed by atoms with Gasteiger partial charge in [0.05, 0.1) is 5.02 Å². The van der Waals surface area contributed by atoms with E-state index in [9.17, 15) is 0 Å². The molecule has 0 atom stereocenters. The summed E-state index contributed by atoms with van der Waals surface area (Å²) >= 11 is 5.78. The number of pyridine rings is 1. The van der Waals surface area contributed by atoms with Crippen LogP contribution in [0, 0.1) is 20.8 Å². The van der Waals surface area contributed by atoms with E-state index in [4.69, 9.17) is 11.6 Å². The van der Waals surface area contributed by atoms with Crippen LogP contribution in [0.2, 0.25) is 5.02 Å². The van der Waals surface area contributed by atoms with Gasteiger partial charge >= 0.3 is 0 Å². The smallest absolute Gasteiger partial charge is 0.178 e. The van der Waals surface area contributed by atoms with Crippen molar-refractivity contribution < 1.29 is 0 Å². The Morgan fingerprint density at radius 1 is 1.00 bits per heavy atom. The Bertz CT molecular complexity index is 497. The Labute approximate surface area is 99.5 Å². The van der Waals surface area contributed by atoms with Crippen molar-refractivity contribution in [1.29, 1.82) is 0 Å². The summed E-state index contributed by atoms with van der Waals surface area (Å²) in [5.41, 5.74) is 3.84. The molecule has 0 bridgehead atoms. The third kappa shape index (κ3) is 2.04. The number of halogens is 1. The maximum absolute atomic E-state index is 5.78. The maximum Gasteiger partial charge on any atom is 0.178 e. The summed E-state index contributed by atoms with van der Waals surface area (Å²) in [7, 11) is 0. The first-order chi connectivity index (χ1) is 7.58. The van der Waals surface area contributed by atoms with Gasteiger partial charge < -0.3 is 0 Å². The molecule has 0 aromatic carbocycles. The molecule has 4 heteroatoms. The molecular formula is C12H12ClN3. The minimum absolute atomic E-state index is 0.615. The third-order valence-corrected chi connectivity index (χ3v) is 2.81. The standard InChI is InChI=1S/C12H12ClN3/c1-7-8(2)15-12(16-9(7)3)11-5-4-10(13)6-14-11/h4-6H,1-3H3. The van der Waals surface area contributed by atoms with Crippen LogP contribution in [0.4, 0.5) is 0 Å². The predicted octanol–water partition coefficient (Wildman–Crippen LogP) is 3.12. The van der Waals surface area contributed by atoms with Crippen LogP contribution in [0.15, 0.2) is 18.3 Å². The van der Waals surface area contributed by atoms with Gasteiger partial charge in [-0.15, -0.1) is 0 Å². The second-order valence-electron chi connectivity index (χ2n) is 3.70. The molecule has 82 valence electrons. The van der Waals surface area contributed by atoms with Crippen molar-refractivity contribution in [3.05, 3.63) is 40.3 Å². The molecule has 16 heavy (non-hydrogen) atoms. The van der Waals surface area contributed by atoms with Gasteiger partial charge in [0.25, 0.3) is 0 Å². The first-order valence-corrected chi connectivity index (χ1v) is 5.39. The highest BCUT2D eigenvalue weighted by atomic mass is 35.5. The van der Waals surface area contributed by atoms with E-state index in [2.05, 4.69) is 15.0 Å².